The molecule has 5 nitrogen and oxygen atoms in total. The highest BCUT2D eigenvalue weighted by molar-refractivity contribution is 6.45. The largest absolute Gasteiger partial charge is 0.396 e. The number of carbonyl (C=O) groups excluding carboxylic acids is 2. The third-order valence-electron chi connectivity index (χ3n) is 2.12. The molecule has 0 amide bonds. The van der Waals surface area contributed by atoms with Crippen LogP contribution in [0.5, 0.6) is 0 Å². The lowest BCUT2D eigenvalue weighted by Crippen LogP contribution is -2.05. The number of hydrogen-bond acceptors (Lipinski definition) is 5. The average molecular weight is 270 g/mol. The molecule has 0 aliphatic rings. The molecule has 1 aromatic heterocycles. The molecule has 0 saturated heterocycles. The maximum absolute atomic E-state index is 11.1. The summed E-state index contributed by atoms with van der Waals surface area (Å²) in [6, 6.07) is 1.48. The lowest BCUT2D eigenvalue weighted by atomic mass is 10.2. The van der Waals surface area contributed by atoms with Crippen molar-refractivity contribution in [1.29, 1.82) is 0 Å². The van der Waals surface area contributed by atoms with Gasteiger partial charge in [-0.3, -0.25) is 14.6 Å². The Bertz CT molecular complexity index is 643. The van der Waals surface area contributed by atoms with Gasteiger partial charge in [0.05, 0.1) is 27.4 Å². The lowest BCUT2D eigenvalue weighted by molar-refractivity contribution is -0.104. The predicted molar refractivity (Wildman–Crippen MR) is 64.4 cm³/mol. The summed E-state index contributed by atoms with van der Waals surface area (Å²) in [5.41, 5.74) is 6.40. The molecule has 0 spiro atoms. The van der Waals surface area contributed by atoms with Crippen molar-refractivity contribution in [3.8, 4) is 0 Å². The number of rotatable bonds is 2. The zero-order valence-electron chi connectivity index (χ0n) is 8.28. The van der Waals surface area contributed by atoms with E-state index in [0.717, 1.165) is 0 Å². The van der Waals surface area contributed by atoms with Gasteiger partial charge in [0, 0.05) is 0 Å². The molecule has 0 saturated carbocycles. The highest BCUT2D eigenvalue weighted by Gasteiger charge is 2.13. The van der Waals surface area contributed by atoms with E-state index in [-0.39, 0.29) is 33.2 Å². The van der Waals surface area contributed by atoms with Crippen molar-refractivity contribution < 1.29 is 9.59 Å². The van der Waals surface area contributed by atoms with E-state index in [1.54, 1.807) is 0 Å². The molecule has 1 heterocycles. The van der Waals surface area contributed by atoms with Crippen molar-refractivity contribution in [2.75, 3.05) is 5.73 Å². The number of nitrogens with zero attached hydrogens (tertiary/aromatic N) is 2. The van der Waals surface area contributed by atoms with Crippen molar-refractivity contribution in [2.45, 2.75) is 0 Å². The lowest BCUT2D eigenvalue weighted by Gasteiger charge is -2.05. The van der Waals surface area contributed by atoms with Gasteiger partial charge < -0.3 is 5.73 Å². The number of benzene rings is 1. The molecule has 0 bridgehead atoms. The molecule has 2 aromatic rings. The summed E-state index contributed by atoms with van der Waals surface area (Å²) in [6.45, 7) is 0. The maximum atomic E-state index is 11.1. The van der Waals surface area contributed by atoms with Gasteiger partial charge in [-0.1, -0.05) is 23.2 Å². The Morgan fingerprint density at radius 3 is 2.76 bits per heavy atom. The van der Waals surface area contributed by atoms with Crippen LogP contribution >= 0.6 is 23.2 Å². The van der Waals surface area contributed by atoms with E-state index in [1.807, 2.05) is 0 Å². The Labute approximate surface area is 106 Å². The van der Waals surface area contributed by atoms with Crippen LogP contribution in [-0.2, 0) is 4.79 Å². The predicted octanol–water partition coefficient (Wildman–Crippen LogP) is 1.90. The van der Waals surface area contributed by atoms with Crippen molar-refractivity contribution in [3.63, 3.8) is 0 Å². The van der Waals surface area contributed by atoms with Crippen LogP contribution < -0.4 is 5.73 Å². The molecule has 0 radical (unpaired) electrons. The number of nitrogen functional groups attached to an aromatic ring is 1. The van der Waals surface area contributed by atoms with E-state index >= 15 is 0 Å². The number of hydrogen-bond donors (Lipinski definition) is 1. The molecule has 17 heavy (non-hydrogen) atoms. The standard InChI is InChI=1S/C10H5Cl2N3O2/c11-4-1-5-10(9(13)8(4)12)15-6(2-14-5)7(17)3-16/h1-3H,13H2. The van der Waals surface area contributed by atoms with Crippen LogP contribution in [0.25, 0.3) is 11.0 Å². The highest BCUT2D eigenvalue weighted by atomic mass is 35.5. The molecule has 0 fully saturated rings. The second kappa shape index (κ2) is 4.27. The number of ketones is 1. The van der Waals surface area contributed by atoms with E-state index < -0.39 is 5.78 Å². The highest BCUT2D eigenvalue weighted by Crippen LogP contribution is 2.33. The second-order valence-electron chi connectivity index (χ2n) is 3.19. The van der Waals surface area contributed by atoms with Gasteiger partial charge >= 0.3 is 0 Å². The van der Waals surface area contributed by atoms with Crippen LogP contribution in [0.2, 0.25) is 10.0 Å². The van der Waals surface area contributed by atoms with Crippen LogP contribution in [0.4, 0.5) is 5.69 Å². The number of aromatic nitrogens is 2. The van der Waals surface area contributed by atoms with E-state index in [1.165, 1.54) is 12.3 Å². The van der Waals surface area contributed by atoms with Crippen molar-refractivity contribution >= 4 is 52.0 Å². The number of aldehydes is 1. The van der Waals surface area contributed by atoms with E-state index in [9.17, 15) is 9.59 Å². The third kappa shape index (κ3) is 1.94. The van der Waals surface area contributed by atoms with Crippen LogP contribution in [0.1, 0.15) is 10.5 Å². The fourth-order valence-corrected chi connectivity index (χ4v) is 1.65. The summed E-state index contributed by atoms with van der Waals surface area (Å²) < 4.78 is 0. The van der Waals surface area contributed by atoms with Gasteiger partial charge in [0.2, 0.25) is 5.78 Å². The zero-order valence-corrected chi connectivity index (χ0v) is 9.79. The Hall–Kier alpha value is -1.72. The SMILES string of the molecule is Nc1c(Cl)c(Cl)cc2ncc(C(=O)C=O)nc12. The first-order chi connectivity index (χ1) is 8.04. The van der Waals surface area contributed by atoms with E-state index in [4.69, 9.17) is 28.9 Å². The first-order valence-corrected chi connectivity index (χ1v) is 5.20. The van der Waals surface area contributed by atoms with Gasteiger partial charge in [0.25, 0.3) is 0 Å². The molecule has 0 unspecified atom stereocenters. The molecule has 1 aromatic carbocycles. The average Bonchev–Trinajstić information content (AvgIpc) is 2.35. The molecule has 86 valence electrons. The number of Topliss-reactive ketones (excluding diaryl/α,β-unsaturated/α-hetero) is 1. The number of carbonyl (C=O) groups is 2. The maximum Gasteiger partial charge on any atom is 0.245 e. The quantitative estimate of drug-likeness (QED) is 0.390. The fourth-order valence-electron chi connectivity index (χ4n) is 1.30. The minimum absolute atomic E-state index is 0.0856. The molecule has 2 N–H and O–H groups in total. The number of fused-ring (bicyclic) bond motifs is 1. The van der Waals surface area contributed by atoms with Gasteiger partial charge in [0.15, 0.2) is 6.29 Å². The molecule has 0 aliphatic heterocycles. The van der Waals surface area contributed by atoms with Crippen LogP contribution in [0.15, 0.2) is 12.3 Å². The van der Waals surface area contributed by atoms with E-state index in [0.29, 0.717) is 5.52 Å². The monoisotopic (exact) mass is 269 g/mol. The van der Waals surface area contributed by atoms with Crippen LogP contribution in [0, 0.1) is 0 Å². The third-order valence-corrected chi connectivity index (χ3v) is 2.93. The summed E-state index contributed by atoms with van der Waals surface area (Å²) in [5, 5.41) is 0.393. The minimum atomic E-state index is -0.773. The van der Waals surface area contributed by atoms with Crippen molar-refractivity contribution in [2.24, 2.45) is 0 Å². The summed E-state index contributed by atoms with van der Waals surface area (Å²) in [7, 11) is 0. The number of nitrogens with two attached hydrogens (primary N) is 1. The molecule has 0 atom stereocenters. The first kappa shape index (κ1) is 11.8. The minimum Gasteiger partial charge on any atom is -0.396 e. The summed E-state index contributed by atoms with van der Waals surface area (Å²) in [5.74, 6) is -0.773. The molecular weight excluding hydrogens is 265 g/mol. The topological polar surface area (TPSA) is 85.9 Å². The summed E-state index contributed by atoms with van der Waals surface area (Å²) in [4.78, 5) is 29.4. The Morgan fingerprint density at radius 2 is 2.12 bits per heavy atom. The Kier molecular flexibility index (Phi) is 2.95. The van der Waals surface area contributed by atoms with Gasteiger partial charge in [-0.25, -0.2) is 4.98 Å². The summed E-state index contributed by atoms with van der Waals surface area (Å²) in [6.07, 6.45) is 1.34. The molecule has 0 aliphatic carbocycles. The first-order valence-electron chi connectivity index (χ1n) is 4.44. The normalized spacial score (nSPS) is 10.5. The van der Waals surface area contributed by atoms with Crippen LogP contribution in [0.3, 0.4) is 0 Å². The van der Waals surface area contributed by atoms with Crippen molar-refractivity contribution in [1.82, 2.24) is 9.97 Å². The van der Waals surface area contributed by atoms with Gasteiger partial charge in [-0.2, -0.15) is 0 Å². The zero-order chi connectivity index (χ0) is 12.6. The number of halogens is 2. The van der Waals surface area contributed by atoms with Gasteiger partial charge in [-0.15, -0.1) is 0 Å². The second-order valence-corrected chi connectivity index (χ2v) is 3.98. The van der Waals surface area contributed by atoms with E-state index in [2.05, 4.69) is 9.97 Å². The van der Waals surface area contributed by atoms with Gasteiger partial charge in [0.1, 0.15) is 11.2 Å². The molecule has 7 heteroatoms. The van der Waals surface area contributed by atoms with Gasteiger partial charge in [-0.05, 0) is 6.07 Å². The van der Waals surface area contributed by atoms with Crippen molar-refractivity contribution in [3.05, 3.63) is 28.0 Å². The smallest absolute Gasteiger partial charge is 0.245 e. The Balaban J connectivity index is 2.77. The fraction of sp³-hybridized carbons (Fsp3) is 0. The summed E-state index contributed by atoms with van der Waals surface area (Å²) >= 11 is 11.7. The molecule has 2 rings (SSSR count). The molecular formula is C10H5Cl2N3O2. The number of anilines is 1. The Morgan fingerprint density at radius 1 is 1.41 bits per heavy atom. The van der Waals surface area contributed by atoms with Crippen LogP contribution in [-0.4, -0.2) is 22.0 Å².